The summed E-state index contributed by atoms with van der Waals surface area (Å²) in [5.74, 6) is -0.510. The molecule has 3 atom stereocenters. The fourth-order valence-corrected chi connectivity index (χ4v) is 10.9. The van der Waals surface area contributed by atoms with Gasteiger partial charge in [0.25, 0.3) is 0 Å². The number of amides is 1. The zero-order valence-corrected chi connectivity index (χ0v) is 51.0. The van der Waals surface area contributed by atoms with Crippen molar-refractivity contribution in [2.75, 3.05) is 6.61 Å². The molecule has 0 radical (unpaired) electrons. The second-order valence-electron chi connectivity index (χ2n) is 23.7. The van der Waals surface area contributed by atoms with Gasteiger partial charge in [-0.15, -0.1) is 0 Å². The van der Waals surface area contributed by atoms with Crippen LogP contribution in [0.3, 0.4) is 0 Å². The molecule has 444 valence electrons. The summed E-state index contributed by atoms with van der Waals surface area (Å²) in [5, 5.41) is 33.5. The number of unbranched alkanes of at least 4 members (excludes halogenated alkanes) is 52. The maximum absolute atomic E-state index is 12.6. The molecular weight excluding hydrogens is 919 g/mol. The molecule has 0 saturated heterocycles. The maximum Gasteiger partial charge on any atom is 0.249 e. The standard InChI is InChI=1S/C70H135NO4/c1-3-5-7-9-11-13-15-17-19-21-23-25-27-29-30-31-32-33-34-35-36-37-38-39-41-43-45-47-49-51-53-55-57-59-61-63-65-69(74)70(75)71-67(66-72)68(73)64-62-60-58-56-54-52-50-48-46-44-42-40-28-26-24-22-20-18-16-14-12-10-8-6-4-2/h46,48,54,56,62,64,67-69,72-74H,3-45,47,49-53,55,57-61,63,65-66H2,1-2H3,(H,71,75)/b48-46+,56-54+,64-62+. The summed E-state index contributed by atoms with van der Waals surface area (Å²) in [7, 11) is 0. The van der Waals surface area contributed by atoms with Gasteiger partial charge in [0, 0.05) is 0 Å². The van der Waals surface area contributed by atoms with E-state index in [1.807, 2.05) is 6.08 Å². The maximum atomic E-state index is 12.6. The minimum Gasteiger partial charge on any atom is -0.394 e. The van der Waals surface area contributed by atoms with Crippen LogP contribution in [-0.4, -0.2) is 46.1 Å². The van der Waals surface area contributed by atoms with E-state index in [0.717, 1.165) is 44.9 Å². The normalized spacial score (nSPS) is 13.3. The Morgan fingerprint density at radius 1 is 0.320 bits per heavy atom. The smallest absolute Gasteiger partial charge is 0.249 e. The molecule has 0 aromatic heterocycles. The fraction of sp³-hybridized carbons (Fsp3) is 0.900. The van der Waals surface area contributed by atoms with Gasteiger partial charge in [-0.3, -0.25) is 4.79 Å². The van der Waals surface area contributed by atoms with Crippen LogP contribution in [0.4, 0.5) is 0 Å². The van der Waals surface area contributed by atoms with Crippen LogP contribution in [0.15, 0.2) is 36.5 Å². The van der Waals surface area contributed by atoms with Gasteiger partial charge in [-0.05, 0) is 44.9 Å². The lowest BCUT2D eigenvalue weighted by Gasteiger charge is -2.21. The predicted octanol–water partition coefficient (Wildman–Crippen LogP) is 22.1. The molecule has 1 amide bonds. The molecule has 75 heavy (non-hydrogen) atoms. The molecule has 5 nitrogen and oxygen atoms in total. The lowest BCUT2D eigenvalue weighted by Crippen LogP contribution is -2.48. The van der Waals surface area contributed by atoms with Crippen molar-refractivity contribution in [2.45, 2.75) is 398 Å². The van der Waals surface area contributed by atoms with Crippen LogP contribution in [0.5, 0.6) is 0 Å². The SMILES string of the molecule is CCCCCCCCCCCCCCCCC/C=C/CC/C=C/CC/C=C/C(O)C(CO)NC(=O)C(O)CCCCCCCCCCCCCCCCCCCCCCCCCCCCCCCCCCCCCC. The topological polar surface area (TPSA) is 89.8 Å². The third-order valence-electron chi connectivity index (χ3n) is 16.2. The average molecular weight is 1050 g/mol. The fourth-order valence-electron chi connectivity index (χ4n) is 10.9. The van der Waals surface area contributed by atoms with Gasteiger partial charge in [0.05, 0.1) is 18.8 Å². The second-order valence-corrected chi connectivity index (χ2v) is 23.7. The zero-order chi connectivity index (χ0) is 54.3. The highest BCUT2D eigenvalue weighted by Gasteiger charge is 2.22. The molecule has 0 aromatic carbocycles. The van der Waals surface area contributed by atoms with Crippen LogP contribution >= 0.6 is 0 Å². The highest BCUT2D eigenvalue weighted by Crippen LogP contribution is 2.19. The van der Waals surface area contributed by atoms with Gasteiger partial charge in [0.15, 0.2) is 0 Å². The third kappa shape index (κ3) is 60.1. The first-order chi connectivity index (χ1) is 37.1. The number of hydrogen-bond acceptors (Lipinski definition) is 4. The summed E-state index contributed by atoms with van der Waals surface area (Å²) >= 11 is 0. The number of nitrogens with one attached hydrogen (secondary N) is 1. The second kappa shape index (κ2) is 65.1. The Labute approximate surface area is 470 Å². The molecule has 0 saturated carbocycles. The predicted molar refractivity (Wildman–Crippen MR) is 333 cm³/mol. The van der Waals surface area contributed by atoms with Crippen molar-refractivity contribution in [3.63, 3.8) is 0 Å². The minimum absolute atomic E-state index is 0.378. The summed E-state index contributed by atoms with van der Waals surface area (Å²) in [6.07, 6.45) is 87.2. The van der Waals surface area contributed by atoms with Crippen molar-refractivity contribution in [1.29, 1.82) is 0 Å². The molecule has 0 fully saturated rings. The highest BCUT2D eigenvalue weighted by molar-refractivity contribution is 5.80. The molecule has 3 unspecified atom stereocenters. The summed E-state index contributed by atoms with van der Waals surface area (Å²) in [5.41, 5.74) is 0. The van der Waals surface area contributed by atoms with E-state index in [1.165, 1.54) is 315 Å². The first-order valence-electron chi connectivity index (χ1n) is 34.3. The molecule has 0 aliphatic carbocycles. The van der Waals surface area contributed by atoms with Crippen molar-refractivity contribution < 1.29 is 20.1 Å². The number of allylic oxidation sites excluding steroid dienone is 5. The third-order valence-corrected chi connectivity index (χ3v) is 16.2. The van der Waals surface area contributed by atoms with Crippen molar-refractivity contribution in [1.82, 2.24) is 5.32 Å². The monoisotopic (exact) mass is 1050 g/mol. The molecule has 0 bridgehead atoms. The van der Waals surface area contributed by atoms with Crippen LogP contribution in [-0.2, 0) is 4.79 Å². The van der Waals surface area contributed by atoms with Gasteiger partial charge in [-0.25, -0.2) is 0 Å². The Morgan fingerprint density at radius 3 is 0.813 bits per heavy atom. The van der Waals surface area contributed by atoms with Crippen LogP contribution in [0.2, 0.25) is 0 Å². The van der Waals surface area contributed by atoms with E-state index in [9.17, 15) is 20.1 Å². The first kappa shape index (κ1) is 73.6. The van der Waals surface area contributed by atoms with Gasteiger partial charge in [-0.2, -0.15) is 0 Å². The van der Waals surface area contributed by atoms with Gasteiger partial charge in [0.1, 0.15) is 6.10 Å². The van der Waals surface area contributed by atoms with Crippen LogP contribution in [0, 0.1) is 0 Å². The molecule has 0 rings (SSSR count). The van der Waals surface area contributed by atoms with Crippen molar-refractivity contribution >= 4 is 5.91 Å². The summed E-state index contributed by atoms with van der Waals surface area (Å²) in [6, 6.07) is -0.821. The summed E-state index contributed by atoms with van der Waals surface area (Å²) < 4.78 is 0. The Bertz CT molecular complexity index is 1170. The lowest BCUT2D eigenvalue weighted by molar-refractivity contribution is -0.131. The number of carbonyl (C=O) groups excluding carboxylic acids is 1. The van der Waals surface area contributed by atoms with Crippen LogP contribution < -0.4 is 5.32 Å². The minimum atomic E-state index is -1.11. The first-order valence-corrected chi connectivity index (χ1v) is 34.3. The van der Waals surface area contributed by atoms with Gasteiger partial charge in [-0.1, -0.05) is 371 Å². The number of aliphatic hydroxyl groups is 3. The van der Waals surface area contributed by atoms with Gasteiger partial charge >= 0.3 is 0 Å². The van der Waals surface area contributed by atoms with Crippen LogP contribution in [0.25, 0.3) is 0 Å². The van der Waals surface area contributed by atoms with E-state index < -0.39 is 24.2 Å². The Morgan fingerprint density at radius 2 is 0.547 bits per heavy atom. The molecule has 0 aliphatic rings. The largest absolute Gasteiger partial charge is 0.394 e. The molecule has 0 aliphatic heterocycles. The number of carbonyl (C=O) groups is 1. The molecule has 0 spiro atoms. The van der Waals surface area contributed by atoms with Crippen molar-refractivity contribution in [3.05, 3.63) is 36.5 Å². The van der Waals surface area contributed by atoms with E-state index in [1.54, 1.807) is 6.08 Å². The van der Waals surface area contributed by atoms with E-state index >= 15 is 0 Å². The molecular formula is C70H135NO4. The Balaban J connectivity index is 3.51. The average Bonchev–Trinajstić information content (AvgIpc) is 3.41. The Hall–Kier alpha value is -1.43. The molecule has 0 heterocycles. The number of aliphatic hydroxyl groups excluding tert-OH is 3. The van der Waals surface area contributed by atoms with Gasteiger partial charge < -0.3 is 20.6 Å². The Kier molecular flexibility index (Phi) is 63.8. The van der Waals surface area contributed by atoms with Crippen molar-refractivity contribution in [2.24, 2.45) is 0 Å². The quantitative estimate of drug-likeness (QED) is 0.0361. The molecule has 5 heteroatoms. The summed E-state index contributed by atoms with van der Waals surface area (Å²) in [6.45, 7) is 4.22. The van der Waals surface area contributed by atoms with E-state index in [0.29, 0.717) is 6.42 Å². The number of hydrogen-bond donors (Lipinski definition) is 4. The zero-order valence-electron chi connectivity index (χ0n) is 51.0. The van der Waals surface area contributed by atoms with Gasteiger partial charge in [0.2, 0.25) is 5.91 Å². The summed E-state index contributed by atoms with van der Waals surface area (Å²) in [4.78, 5) is 12.6. The van der Waals surface area contributed by atoms with E-state index in [4.69, 9.17) is 0 Å². The van der Waals surface area contributed by atoms with E-state index in [2.05, 4.69) is 43.5 Å². The lowest BCUT2D eigenvalue weighted by atomic mass is 10.0. The van der Waals surface area contributed by atoms with Crippen molar-refractivity contribution in [3.8, 4) is 0 Å². The van der Waals surface area contributed by atoms with E-state index in [-0.39, 0.29) is 6.61 Å². The number of rotatable bonds is 64. The van der Waals surface area contributed by atoms with Crippen LogP contribution in [0.1, 0.15) is 380 Å². The molecule has 0 aromatic rings. The molecule has 4 N–H and O–H groups in total. The highest BCUT2D eigenvalue weighted by atomic mass is 16.3.